The maximum absolute atomic E-state index is 11.0. The molecule has 0 heterocycles. The van der Waals surface area contributed by atoms with E-state index in [0.717, 1.165) is 0 Å². The minimum absolute atomic E-state index is 0. The van der Waals surface area contributed by atoms with E-state index in [1.54, 1.807) is 12.1 Å². The van der Waals surface area contributed by atoms with Gasteiger partial charge in [0.25, 0.3) is 0 Å². The molecule has 88 valence electrons. The fourth-order valence-corrected chi connectivity index (χ4v) is 2.35. The fourth-order valence-electron chi connectivity index (χ4n) is 1.60. The summed E-state index contributed by atoms with van der Waals surface area (Å²) in [5, 5.41) is 0.398. The Balaban J connectivity index is 0.00000144. The maximum Gasteiger partial charge on any atom is 1.00 e. The van der Waals surface area contributed by atoms with Gasteiger partial charge >= 0.3 is 29.6 Å². The molecule has 2 rings (SSSR count). The maximum atomic E-state index is 11.0. The topological polar surface area (TPSA) is 49.4 Å². The first-order chi connectivity index (χ1) is 7.66. The minimum Gasteiger partial charge on any atom is -0.768 e. The minimum atomic E-state index is -2.31. The van der Waals surface area contributed by atoms with Crippen molar-refractivity contribution < 1.29 is 43.1 Å². The van der Waals surface area contributed by atoms with E-state index < -0.39 is 11.1 Å². The molecule has 17 heavy (non-hydrogen) atoms. The third kappa shape index (κ3) is 4.23. The third-order valence-corrected chi connectivity index (χ3v) is 3.70. The van der Waals surface area contributed by atoms with Crippen LogP contribution in [0.3, 0.4) is 0 Å². The Labute approximate surface area is 130 Å². The van der Waals surface area contributed by atoms with Crippen molar-refractivity contribution in [3.8, 4) is 5.75 Å². The second-order valence-corrected chi connectivity index (χ2v) is 5.28. The number of rotatable bonds is 4. The van der Waals surface area contributed by atoms with E-state index >= 15 is 0 Å². The Morgan fingerprint density at radius 1 is 1.47 bits per heavy atom. The standard InChI is InChI=1S/C11H13ClO3S.Na/c12-9-4-5-10(11(6-9)16(13)14)15-7-8-2-1-3-8;/h4-6,8H,1-3,7H2,(H,13,14);/q;+1/p-1. The number of benzene rings is 1. The van der Waals surface area contributed by atoms with Crippen molar-refractivity contribution in [1.29, 1.82) is 0 Å². The van der Waals surface area contributed by atoms with Crippen molar-refractivity contribution in [2.75, 3.05) is 6.61 Å². The van der Waals surface area contributed by atoms with Gasteiger partial charge in [0.2, 0.25) is 0 Å². The van der Waals surface area contributed by atoms with Crippen LogP contribution in [0, 0.1) is 5.92 Å². The molecule has 1 aliphatic carbocycles. The Hall–Kier alpha value is 0.420. The summed E-state index contributed by atoms with van der Waals surface area (Å²) >= 11 is 3.42. The molecule has 0 saturated heterocycles. The molecule has 0 aromatic heterocycles. The van der Waals surface area contributed by atoms with Gasteiger partial charge in [-0.3, -0.25) is 4.21 Å². The van der Waals surface area contributed by atoms with Gasteiger partial charge in [-0.15, -0.1) is 0 Å². The first kappa shape index (κ1) is 15.5. The molecule has 1 saturated carbocycles. The van der Waals surface area contributed by atoms with Crippen molar-refractivity contribution in [2.24, 2.45) is 5.92 Å². The predicted octanol–water partition coefficient (Wildman–Crippen LogP) is -0.239. The third-order valence-electron chi connectivity index (χ3n) is 2.78. The summed E-state index contributed by atoms with van der Waals surface area (Å²) in [4.78, 5) is 0.131. The Morgan fingerprint density at radius 2 is 2.18 bits per heavy atom. The molecule has 1 aromatic rings. The van der Waals surface area contributed by atoms with Crippen LogP contribution >= 0.6 is 11.6 Å². The molecule has 1 atom stereocenters. The molecule has 0 N–H and O–H groups in total. The van der Waals surface area contributed by atoms with Crippen molar-refractivity contribution >= 4 is 22.7 Å². The predicted molar refractivity (Wildman–Crippen MR) is 61.5 cm³/mol. The summed E-state index contributed by atoms with van der Waals surface area (Å²) in [6.45, 7) is 0.589. The molecule has 1 aromatic carbocycles. The number of halogens is 1. The van der Waals surface area contributed by atoms with E-state index in [4.69, 9.17) is 16.3 Å². The van der Waals surface area contributed by atoms with Crippen molar-refractivity contribution in [3.05, 3.63) is 23.2 Å². The first-order valence-corrected chi connectivity index (χ1v) is 6.63. The van der Waals surface area contributed by atoms with E-state index in [0.29, 0.717) is 23.3 Å². The second kappa shape index (κ2) is 7.12. The summed E-state index contributed by atoms with van der Waals surface area (Å²) in [6, 6.07) is 4.64. The van der Waals surface area contributed by atoms with Gasteiger partial charge < -0.3 is 9.29 Å². The van der Waals surface area contributed by atoms with Crippen LogP contribution in [-0.2, 0) is 11.1 Å². The summed E-state index contributed by atoms with van der Waals surface area (Å²) in [6.07, 6.45) is 3.59. The molecule has 0 radical (unpaired) electrons. The molecule has 0 bridgehead atoms. The van der Waals surface area contributed by atoms with Gasteiger partial charge in [-0.1, -0.05) is 18.0 Å². The van der Waals surface area contributed by atoms with Gasteiger partial charge in [-0.25, -0.2) is 0 Å². The van der Waals surface area contributed by atoms with Crippen LogP contribution in [0.2, 0.25) is 5.02 Å². The normalized spacial score (nSPS) is 16.8. The van der Waals surface area contributed by atoms with E-state index in [1.165, 1.54) is 25.3 Å². The molecule has 0 spiro atoms. The Kier molecular flexibility index (Phi) is 6.48. The van der Waals surface area contributed by atoms with E-state index in [1.807, 2.05) is 0 Å². The van der Waals surface area contributed by atoms with E-state index in [9.17, 15) is 8.76 Å². The molecule has 3 nitrogen and oxygen atoms in total. The largest absolute Gasteiger partial charge is 1.00 e. The average molecular weight is 283 g/mol. The zero-order valence-electron chi connectivity index (χ0n) is 9.65. The molecular formula is C11H12ClNaO3S. The number of ether oxygens (including phenoxy) is 1. The van der Waals surface area contributed by atoms with E-state index in [-0.39, 0.29) is 34.5 Å². The van der Waals surface area contributed by atoms with Crippen LogP contribution in [0.4, 0.5) is 0 Å². The molecule has 0 aliphatic heterocycles. The Morgan fingerprint density at radius 3 is 2.71 bits per heavy atom. The zero-order chi connectivity index (χ0) is 11.5. The van der Waals surface area contributed by atoms with Crippen molar-refractivity contribution in [3.63, 3.8) is 0 Å². The molecule has 0 amide bonds. The molecular weight excluding hydrogens is 271 g/mol. The number of hydrogen-bond acceptors (Lipinski definition) is 3. The number of hydrogen-bond donors (Lipinski definition) is 0. The SMILES string of the molecule is O=S([O-])c1cc(Cl)ccc1OCC1CCC1.[Na+]. The molecule has 6 heteroatoms. The van der Waals surface area contributed by atoms with Gasteiger partial charge in [-0.2, -0.15) is 0 Å². The fraction of sp³-hybridized carbons (Fsp3) is 0.455. The van der Waals surface area contributed by atoms with Crippen molar-refractivity contribution in [2.45, 2.75) is 24.2 Å². The Bertz CT molecular complexity index is 410. The zero-order valence-corrected chi connectivity index (χ0v) is 13.2. The van der Waals surface area contributed by atoms with Crippen LogP contribution in [0.1, 0.15) is 19.3 Å². The van der Waals surface area contributed by atoms with Gasteiger partial charge in [-0.05, 0) is 48.0 Å². The molecule has 1 unspecified atom stereocenters. The summed E-state index contributed by atoms with van der Waals surface area (Å²) in [7, 11) is 0. The van der Waals surface area contributed by atoms with Crippen LogP contribution in [0.25, 0.3) is 0 Å². The second-order valence-electron chi connectivity index (χ2n) is 3.93. The average Bonchev–Trinajstić information content (AvgIpc) is 2.17. The monoisotopic (exact) mass is 282 g/mol. The van der Waals surface area contributed by atoms with Crippen LogP contribution in [-0.4, -0.2) is 15.4 Å². The quantitative estimate of drug-likeness (QED) is 0.566. The summed E-state index contributed by atoms with van der Waals surface area (Å²) in [5.41, 5.74) is 0. The van der Waals surface area contributed by atoms with Gasteiger partial charge in [0.1, 0.15) is 5.75 Å². The van der Waals surface area contributed by atoms with Gasteiger partial charge in [0, 0.05) is 5.02 Å². The summed E-state index contributed by atoms with van der Waals surface area (Å²) in [5.74, 6) is 0.966. The summed E-state index contributed by atoms with van der Waals surface area (Å²) < 4.78 is 27.4. The molecule has 1 aliphatic rings. The van der Waals surface area contributed by atoms with Crippen LogP contribution < -0.4 is 34.3 Å². The van der Waals surface area contributed by atoms with Crippen molar-refractivity contribution in [1.82, 2.24) is 0 Å². The van der Waals surface area contributed by atoms with Crippen LogP contribution in [0.5, 0.6) is 5.75 Å². The van der Waals surface area contributed by atoms with Crippen LogP contribution in [0.15, 0.2) is 23.1 Å². The first-order valence-electron chi connectivity index (χ1n) is 5.18. The van der Waals surface area contributed by atoms with Gasteiger partial charge in [0.15, 0.2) is 0 Å². The van der Waals surface area contributed by atoms with Gasteiger partial charge in [0.05, 0.1) is 11.5 Å². The van der Waals surface area contributed by atoms with E-state index in [2.05, 4.69) is 0 Å². The molecule has 1 fully saturated rings. The smallest absolute Gasteiger partial charge is 0.768 e.